The first-order valence-corrected chi connectivity index (χ1v) is 9.18. The number of para-hydroxylation sites is 1. The molecule has 0 bridgehead atoms. The van der Waals surface area contributed by atoms with Gasteiger partial charge in [-0.2, -0.15) is 0 Å². The number of ether oxygens (including phenoxy) is 1. The third-order valence-corrected chi connectivity index (χ3v) is 4.83. The lowest BCUT2D eigenvalue weighted by molar-refractivity contribution is 0.0698. The van der Waals surface area contributed by atoms with Gasteiger partial charge in [-0.05, 0) is 54.8 Å². The summed E-state index contributed by atoms with van der Waals surface area (Å²) in [4.78, 5) is 23.5. The van der Waals surface area contributed by atoms with Crippen molar-refractivity contribution < 1.29 is 9.53 Å². The van der Waals surface area contributed by atoms with Gasteiger partial charge in [0.15, 0.2) is 11.4 Å². The lowest BCUT2D eigenvalue weighted by atomic mass is 9.91. The maximum atomic E-state index is 13.2. The second-order valence-electron chi connectivity index (χ2n) is 6.64. The predicted molar refractivity (Wildman–Crippen MR) is 103 cm³/mol. The van der Waals surface area contributed by atoms with Crippen molar-refractivity contribution in [2.45, 2.75) is 18.8 Å². The number of pyridine rings is 2. The van der Waals surface area contributed by atoms with Crippen LogP contribution in [0.1, 0.15) is 34.8 Å². The second-order valence-corrected chi connectivity index (χ2v) is 6.64. The molecule has 1 aliphatic heterocycles. The fourth-order valence-electron chi connectivity index (χ4n) is 3.47. The lowest BCUT2D eigenvalue weighted by Crippen LogP contribution is -2.39. The third kappa shape index (κ3) is 3.97. The fraction of sp³-hybridized carbons (Fsp3) is 0.227. The average Bonchev–Trinajstić information content (AvgIpc) is 2.75. The van der Waals surface area contributed by atoms with Crippen LogP contribution in [-0.4, -0.2) is 33.9 Å². The van der Waals surface area contributed by atoms with Crippen molar-refractivity contribution in [2.24, 2.45) is 0 Å². The summed E-state index contributed by atoms with van der Waals surface area (Å²) in [5.74, 6) is 1.42. The molecule has 136 valence electrons. The zero-order valence-electron chi connectivity index (χ0n) is 15.0. The van der Waals surface area contributed by atoms with E-state index in [1.165, 1.54) is 5.56 Å². The quantitative estimate of drug-likeness (QED) is 0.697. The molecule has 1 saturated heterocycles. The predicted octanol–water partition coefficient (Wildman–Crippen LogP) is 4.29. The van der Waals surface area contributed by atoms with E-state index in [0.29, 0.717) is 29.7 Å². The van der Waals surface area contributed by atoms with Crippen molar-refractivity contribution >= 4 is 5.91 Å². The monoisotopic (exact) mass is 359 g/mol. The molecule has 1 amide bonds. The number of likely N-dealkylation sites (tertiary alicyclic amines) is 1. The number of rotatable bonds is 4. The van der Waals surface area contributed by atoms with Gasteiger partial charge in [0.05, 0.1) is 0 Å². The normalized spacial score (nSPS) is 16.7. The van der Waals surface area contributed by atoms with Crippen LogP contribution in [0.25, 0.3) is 0 Å². The average molecular weight is 359 g/mol. The van der Waals surface area contributed by atoms with E-state index in [0.717, 1.165) is 19.4 Å². The summed E-state index contributed by atoms with van der Waals surface area (Å²) in [6.07, 6.45) is 7.29. The van der Waals surface area contributed by atoms with E-state index in [1.54, 1.807) is 30.7 Å². The highest BCUT2D eigenvalue weighted by Crippen LogP contribution is 2.29. The molecule has 1 aliphatic rings. The van der Waals surface area contributed by atoms with Crippen LogP contribution in [0.3, 0.4) is 0 Å². The van der Waals surface area contributed by atoms with Crippen LogP contribution in [-0.2, 0) is 0 Å². The highest BCUT2D eigenvalue weighted by Gasteiger charge is 2.28. The molecule has 1 fully saturated rings. The van der Waals surface area contributed by atoms with Crippen molar-refractivity contribution in [1.82, 2.24) is 14.9 Å². The van der Waals surface area contributed by atoms with Gasteiger partial charge in [-0.1, -0.05) is 18.2 Å². The smallest absolute Gasteiger partial charge is 0.276 e. The Hall–Kier alpha value is -3.21. The van der Waals surface area contributed by atoms with Crippen molar-refractivity contribution in [1.29, 1.82) is 0 Å². The number of carbonyl (C=O) groups is 1. The molecule has 1 unspecified atom stereocenters. The van der Waals surface area contributed by atoms with E-state index in [-0.39, 0.29) is 5.91 Å². The van der Waals surface area contributed by atoms with Gasteiger partial charge in [0.25, 0.3) is 5.91 Å². The Bertz CT molecular complexity index is 900. The van der Waals surface area contributed by atoms with Crippen LogP contribution in [0, 0.1) is 0 Å². The Kier molecular flexibility index (Phi) is 5.10. The Balaban J connectivity index is 1.54. The molecular formula is C22H21N3O2. The van der Waals surface area contributed by atoms with Gasteiger partial charge in [0.2, 0.25) is 0 Å². The lowest BCUT2D eigenvalue weighted by Gasteiger charge is -2.33. The molecule has 27 heavy (non-hydrogen) atoms. The maximum Gasteiger partial charge on any atom is 0.276 e. The molecule has 3 aromatic rings. The first-order valence-electron chi connectivity index (χ1n) is 9.18. The van der Waals surface area contributed by atoms with E-state index in [9.17, 15) is 4.79 Å². The molecule has 0 radical (unpaired) electrons. The number of benzene rings is 1. The first-order chi connectivity index (χ1) is 13.3. The Morgan fingerprint density at radius 2 is 1.81 bits per heavy atom. The van der Waals surface area contributed by atoms with E-state index < -0.39 is 0 Å². The summed E-state index contributed by atoms with van der Waals surface area (Å²) in [6.45, 7) is 1.42. The van der Waals surface area contributed by atoms with E-state index in [1.807, 2.05) is 47.4 Å². The molecule has 2 aromatic heterocycles. The summed E-state index contributed by atoms with van der Waals surface area (Å²) in [5, 5.41) is 0. The molecule has 5 nitrogen and oxygen atoms in total. The second kappa shape index (κ2) is 7.99. The van der Waals surface area contributed by atoms with E-state index in [2.05, 4.69) is 9.97 Å². The van der Waals surface area contributed by atoms with Gasteiger partial charge in [-0.15, -0.1) is 0 Å². The topological polar surface area (TPSA) is 55.3 Å². The zero-order chi connectivity index (χ0) is 18.5. The number of hydrogen-bond acceptors (Lipinski definition) is 4. The molecule has 3 heterocycles. The largest absolute Gasteiger partial charge is 0.455 e. The molecule has 0 saturated carbocycles. The van der Waals surface area contributed by atoms with Crippen LogP contribution in [0.4, 0.5) is 0 Å². The highest BCUT2D eigenvalue weighted by atomic mass is 16.5. The first kappa shape index (κ1) is 17.2. The van der Waals surface area contributed by atoms with Gasteiger partial charge in [-0.3, -0.25) is 9.78 Å². The van der Waals surface area contributed by atoms with E-state index in [4.69, 9.17) is 4.74 Å². The highest BCUT2D eigenvalue weighted by molar-refractivity contribution is 5.95. The molecule has 0 spiro atoms. The fourth-order valence-corrected chi connectivity index (χ4v) is 3.47. The van der Waals surface area contributed by atoms with Crippen LogP contribution >= 0.6 is 0 Å². The number of carbonyl (C=O) groups excluding carboxylic acids is 1. The molecule has 4 rings (SSSR count). The SMILES string of the molecule is O=C(c1ncccc1Oc1ccccc1)N1CCCC(c2ccncc2)C1. The number of nitrogens with zero attached hydrogens (tertiary/aromatic N) is 3. The molecule has 1 aromatic carbocycles. The number of aromatic nitrogens is 2. The van der Waals surface area contributed by atoms with Crippen molar-refractivity contribution in [3.63, 3.8) is 0 Å². The molecule has 0 aliphatic carbocycles. The summed E-state index contributed by atoms with van der Waals surface area (Å²) in [5.41, 5.74) is 1.58. The van der Waals surface area contributed by atoms with Crippen LogP contribution in [0.15, 0.2) is 73.2 Å². The van der Waals surface area contributed by atoms with Gasteiger partial charge < -0.3 is 9.64 Å². The Morgan fingerprint density at radius 3 is 2.63 bits per heavy atom. The summed E-state index contributed by atoms with van der Waals surface area (Å²) < 4.78 is 5.91. The standard InChI is InChI=1S/C22H21N3O2/c26-22(25-15-5-6-18(16-25)17-10-13-23-14-11-17)21-20(9-4-12-24-21)27-19-7-2-1-3-8-19/h1-4,7-14,18H,5-6,15-16H2. The Labute approximate surface area is 158 Å². The van der Waals surface area contributed by atoms with Crippen LogP contribution < -0.4 is 4.74 Å². The molecule has 0 N–H and O–H groups in total. The van der Waals surface area contributed by atoms with Crippen LogP contribution in [0.5, 0.6) is 11.5 Å². The van der Waals surface area contributed by atoms with Gasteiger partial charge in [0.1, 0.15) is 5.75 Å². The number of hydrogen-bond donors (Lipinski definition) is 0. The summed E-state index contributed by atoms with van der Waals surface area (Å²) >= 11 is 0. The third-order valence-electron chi connectivity index (χ3n) is 4.83. The van der Waals surface area contributed by atoms with Crippen molar-refractivity contribution in [3.05, 3.63) is 84.4 Å². The minimum atomic E-state index is -0.0831. The maximum absolute atomic E-state index is 13.2. The van der Waals surface area contributed by atoms with E-state index >= 15 is 0 Å². The minimum Gasteiger partial charge on any atom is -0.455 e. The van der Waals surface area contributed by atoms with Gasteiger partial charge >= 0.3 is 0 Å². The van der Waals surface area contributed by atoms with Crippen molar-refractivity contribution in [2.75, 3.05) is 13.1 Å². The van der Waals surface area contributed by atoms with Gasteiger partial charge in [0, 0.05) is 37.6 Å². The minimum absolute atomic E-state index is 0.0831. The molecular weight excluding hydrogens is 338 g/mol. The summed E-state index contributed by atoms with van der Waals surface area (Å²) in [6, 6.07) is 17.1. The van der Waals surface area contributed by atoms with Crippen LogP contribution in [0.2, 0.25) is 0 Å². The zero-order valence-corrected chi connectivity index (χ0v) is 15.0. The summed E-state index contributed by atoms with van der Waals surface area (Å²) in [7, 11) is 0. The number of amides is 1. The molecule has 5 heteroatoms. The number of piperidine rings is 1. The van der Waals surface area contributed by atoms with Gasteiger partial charge in [-0.25, -0.2) is 4.98 Å². The Morgan fingerprint density at radius 1 is 1.00 bits per heavy atom. The molecule has 1 atom stereocenters. The van der Waals surface area contributed by atoms with Crippen molar-refractivity contribution in [3.8, 4) is 11.5 Å².